The molecule has 4 N–H and O–H groups in total. The van der Waals surface area contributed by atoms with Crippen molar-refractivity contribution in [2.45, 2.75) is 44.2 Å². The number of carbonyl (C=O) groups excluding carboxylic acids is 2. The van der Waals surface area contributed by atoms with Crippen molar-refractivity contribution < 1.29 is 9.59 Å². The first kappa shape index (κ1) is 13.0. The minimum Gasteiger partial charge on any atom is -0.399 e. The van der Waals surface area contributed by atoms with Gasteiger partial charge in [-0.05, 0) is 48.9 Å². The highest BCUT2D eigenvalue weighted by Crippen LogP contribution is 2.31. The Labute approximate surface area is 117 Å². The summed E-state index contributed by atoms with van der Waals surface area (Å²) in [5.41, 5.74) is 8.95. The Morgan fingerprint density at radius 1 is 1.30 bits per heavy atom. The van der Waals surface area contributed by atoms with Crippen LogP contribution < -0.4 is 16.4 Å². The monoisotopic (exact) mass is 273 g/mol. The number of hydrogen-bond donors (Lipinski definition) is 3. The fourth-order valence-corrected chi connectivity index (χ4v) is 3.07. The summed E-state index contributed by atoms with van der Waals surface area (Å²) in [6.45, 7) is 0. The number of fused-ring (bicyclic) bond motifs is 1. The van der Waals surface area contributed by atoms with Gasteiger partial charge in [-0.3, -0.25) is 9.59 Å². The van der Waals surface area contributed by atoms with Crippen LogP contribution >= 0.6 is 0 Å². The SMILES string of the molecule is Nc1ccc2c(c1)CCCC2NC(=O)[C@@H]1CCC(=O)N1. The van der Waals surface area contributed by atoms with Crippen LogP contribution in [0.15, 0.2) is 18.2 Å². The Morgan fingerprint density at radius 3 is 2.90 bits per heavy atom. The fourth-order valence-electron chi connectivity index (χ4n) is 3.07. The lowest BCUT2D eigenvalue weighted by molar-refractivity contribution is -0.126. The average Bonchev–Trinajstić information content (AvgIpc) is 2.85. The van der Waals surface area contributed by atoms with Crippen LogP contribution in [0.1, 0.15) is 42.9 Å². The van der Waals surface area contributed by atoms with Gasteiger partial charge in [0.15, 0.2) is 0 Å². The van der Waals surface area contributed by atoms with Gasteiger partial charge in [0.25, 0.3) is 0 Å². The molecule has 1 fully saturated rings. The van der Waals surface area contributed by atoms with Crippen molar-refractivity contribution in [2.75, 3.05) is 5.73 Å². The summed E-state index contributed by atoms with van der Waals surface area (Å²) in [7, 11) is 0. The molecule has 2 amide bonds. The Hall–Kier alpha value is -2.04. The van der Waals surface area contributed by atoms with Crippen LogP contribution in [-0.2, 0) is 16.0 Å². The summed E-state index contributed by atoms with van der Waals surface area (Å²) < 4.78 is 0. The van der Waals surface area contributed by atoms with Crippen molar-refractivity contribution in [3.05, 3.63) is 29.3 Å². The van der Waals surface area contributed by atoms with Crippen molar-refractivity contribution in [1.82, 2.24) is 10.6 Å². The van der Waals surface area contributed by atoms with E-state index in [1.165, 1.54) is 5.56 Å². The largest absolute Gasteiger partial charge is 0.399 e. The van der Waals surface area contributed by atoms with Crippen LogP contribution in [-0.4, -0.2) is 17.9 Å². The zero-order chi connectivity index (χ0) is 14.1. The molecule has 1 aliphatic carbocycles. The minimum absolute atomic E-state index is 0.0318. The van der Waals surface area contributed by atoms with Gasteiger partial charge in [0.2, 0.25) is 11.8 Å². The molecule has 0 radical (unpaired) electrons. The summed E-state index contributed by atoms with van der Waals surface area (Å²) in [6, 6.07) is 5.53. The van der Waals surface area contributed by atoms with Crippen molar-refractivity contribution in [3.63, 3.8) is 0 Å². The lowest BCUT2D eigenvalue weighted by Gasteiger charge is -2.27. The third-order valence-electron chi connectivity index (χ3n) is 4.11. The van der Waals surface area contributed by atoms with E-state index in [1.807, 2.05) is 18.2 Å². The van der Waals surface area contributed by atoms with Crippen LogP contribution in [0.25, 0.3) is 0 Å². The van der Waals surface area contributed by atoms with Gasteiger partial charge in [-0.2, -0.15) is 0 Å². The molecule has 1 aromatic rings. The van der Waals surface area contributed by atoms with Gasteiger partial charge in [0.05, 0.1) is 6.04 Å². The standard InChI is InChI=1S/C15H19N3O2/c16-10-4-5-11-9(8-10)2-1-3-12(11)18-15(20)13-6-7-14(19)17-13/h4-5,8,12-13H,1-3,6-7,16H2,(H,17,19)(H,18,20)/t12?,13-/m0/s1. The van der Waals surface area contributed by atoms with Gasteiger partial charge >= 0.3 is 0 Å². The Balaban J connectivity index is 1.73. The number of rotatable bonds is 2. The molecular formula is C15H19N3O2. The van der Waals surface area contributed by atoms with E-state index in [4.69, 9.17) is 5.73 Å². The molecule has 1 aliphatic heterocycles. The maximum absolute atomic E-state index is 12.2. The number of nitrogens with one attached hydrogen (secondary N) is 2. The van der Waals surface area contributed by atoms with Crippen LogP contribution in [0.3, 0.4) is 0 Å². The molecule has 3 rings (SSSR count). The second-order valence-corrected chi connectivity index (χ2v) is 5.57. The number of aryl methyl sites for hydroxylation is 1. The molecule has 2 atom stereocenters. The van der Waals surface area contributed by atoms with Gasteiger partial charge in [-0.15, -0.1) is 0 Å². The molecule has 5 nitrogen and oxygen atoms in total. The molecule has 0 saturated carbocycles. The van der Waals surface area contributed by atoms with Gasteiger partial charge in [0, 0.05) is 12.1 Å². The van der Waals surface area contributed by atoms with Gasteiger partial charge in [-0.25, -0.2) is 0 Å². The minimum atomic E-state index is -0.373. The molecule has 5 heteroatoms. The van der Waals surface area contributed by atoms with Crippen LogP contribution in [0, 0.1) is 0 Å². The van der Waals surface area contributed by atoms with Crippen molar-refractivity contribution >= 4 is 17.5 Å². The molecule has 1 heterocycles. The molecule has 1 saturated heterocycles. The molecular weight excluding hydrogens is 254 g/mol. The summed E-state index contributed by atoms with van der Waals surface area (Å²) >= 11 is 0. The summed E-state index contributed by atoms with van der Waals surface area (Å²) in [4.78, 5) is 23.4. The predicted molar refractivity (Wildman–Crippen MR) is 75.8 cm³/mol. The molecule has 0 aromatic heterocycles. The summed E-state index contributed by atoms with van der Waals surface area (Å²) in [6.07, 6.45) is 4.01. The first-order valence-electron chi connectivity index (χ1n) is 7.11. The Morgan fingerprint density at radius 2 is 2.15 bits per heavy atom. The Kier molecular flexibility index (Phi) is 3.34. The second-order valence-electron chi connectivity index (χ2n) is 5.57. The van der Waals surface area contributed by atoms with Crippen LogP contribution in [0.4, 0.5) is 5.69 Å². The smallest absolute Gasteiger partial charge is 0.243 e. The van der Waals surface area contributed by atoms with Crippen LogP contribution in [0.2, 0.25) is 0 Å². The molecule has 1 unspecified atom stereocenters. The highest BCUT2D eigenvalue weighted by molar-refractivity contribution is 5.91. The number of nitrogens with two attached hydrogens (primary N) is 1. The van der Waals surface area contributed by atoms with E-state index in [0.717, 1.165) is 30.5 Å². The first-order valence-corrected chi connectivity index (χ1v) is 7.11. The zero-order valence-electron chi connectivity index (χ0n) is 11.3. The third kappa shape index (κ3) is 2.48. The molecule has 2 aliphatic rings. The molecule has 20 heavy (non-hydrogen) atoms. The lowest BCUT2D eigenvalue weighted by atomic mass is 9.87. The average molecular weight is 273 g/mol. The van der Waals surface area contributed by atoms with Gasteiger partial charge in [0.1, 0.15) is 6.04 Å². The number of benzene rings is 1. The molecule has 0 spiro atoms. The summed E-state index contributed by atoms with van der Waals surface area (Å²) in [5, 5.41) is 5.77. The van der Waals surface area contributed by atoms with E-state index in [0.29, 0.717) is 12.8 Å². The number of amides is 2. The number of nitrogen functional groups attached to an aromatic ring is 1. The quantitative estimate of drug-likeness (QED) is 0.704. The summed E-state index contributed by atoms with van der Waals surface area (Å²) in [5.74, 6) is -0.118. The topological polar surface area (TPSA) is 84.2 Å². The Bertz CT molecular complexity index is 556. The second kappa shape index (κ2) is 5.15. The molecule has 0 bridgehead atoms. The third-order valence-corrected chi connectivity index (χ3v) is 4.11. The van der Waals surface area contributed by atoms with Crippen molar-refractivity contribution in [2.24, 2.45) is 0 Å². The number of anilines is 1. The number of carbonyl (C=O) groups is 2. The lowest BCUT2D eigenvalue weighted by Crippen LogP contribution is -2.43. The highest BCUT2D eigenvalue weighted by atomic mass is 16.2. The normalized spacial score (nSPS) is 24.9. The van der Waals surface area contributed by atoms with E-state index in [2.05, 4.69) is 10.6 Å². The van der Waals surface area contributed by atoms with E-state index in [-0.39, 0.29) is 23.9 Å². The van der Waals surface area contributed by atoms with Crippen LogP contribution in [0.5, 0.6) is 0 Å². The highest BCUT2D eigenvalue weighted by Gasteiger charge is 2.30. The molecule has 1 aromatic carbocycles. The van der Waals surface area contributed by atoms with E-state index in [9.17, 15) is 9.59 Å². The van der Waals surface area contributed by atoms with Crippen molar-refractivity contribution in [1.29, 1.82) is 0 Å². The maximum atomic E-state index is 12.2. The van der Waals surface area contributed by atoms with Crippen molar-refractivity contribution in [3.8, 4) is 0 Å². The van der Waals surface area contributed by atoms with Gasteiger partial charge in [-0.1, -0.05) is 6.07 Å². The predicted octanol–water partition coefficient (Wildman–Crippen LogP) is 1.04. The van der Waals surface area contributed by atoms with E-state index in [1.54, 1.807) is 0 Å². The zero-order valence-corrected chi connectivity index (χ0v) is 11.3. The number of hydrogen-bond acceptors (Lipinski definition) is 3. The van der Waals surface area contributed by atoms with Gasteiger partial charge < -0.3 is 16.4 Å². The first-order chi connectivity index (χ1) is 9.63. The van der Waals surface area contributed by atoms with E-state index >= 15 is 0 Å². The van der Waals surface area contributed by atoms with E-state index < -0.39 is 0 Å². The maximum Gasteiger partial charge on any atom is 0.243 e. The fraction of sp³-hybridized carbons (Fsp3) is 0.467. The molecule has 106 valence electrons.